The van der Waals surface area contributed by atoms with Gasteiger partial charge in [0.25, 0.3) is 5.89 Å². The molecule has 0 aliphatic heterocycles. The second-order valence-electron chi connectivity index (χ2n) is 5.50. The van der Waals surface area contributed by atoms with Crippen LogP contribution >= 0.6 is 0 Å². The molecule has 0 spiro atoms. The monoisotopic (exact) mass is 334 g/mol. The van der Waals surface area contributed by atoms with Crippen LogP contribution in [0.4, 0.5) is 5.69 Å². The zero-order chi connectivity index (χ0) is 17.2. The molecule has 3 aromatic heterocycles. The van der Waals surface area contributed by atoms with Crippen LogP contribution in [-0.2, 0) is 11.2 Å². The first-order chi connectivity index (χ1) is 12.2. The van der Waals surface area contributed by atoms with Crippen molar-refractivity contribution in [3.63, 3.8) is 0 Å². The Morgan fingerprint density at radius 2 is 2.04 bits per heavy atom. The Labute approximate surface area is 142 Å². The van der Waals surface area contributed by atoms with E-state index in [0.29, 0.717) is 23.2 Å². The molecule has 25 heavy (non-hydrogen) atoms. The standard InChI is InChI=1S/C17H14N6O2/c1-11-18-17(25-22-11)12-7-8-23-14(9-12)20-21-15(23)10-16(24)19-13-5-3-2-4-6-13/h2-9H,10H2,1H3,(H,19,24). The molecule has 8 nitrogen and oxygen atoms in total. The first-order valence-corrected chi connectivity index (χ1v) is 7.68. The van der Waals surface area contributed by atoms with Crippen LogP contribution in [0, 0.1) is 6.92 Å². The summed E-state index contributed by atoms with van der Waals surface area (Å²) in [5, 5.41) is 14.8. The van der Waals surface area contributed by atoms with Gasteiger partial charge >= 0.3 is 0 Å². The molecule has 1 aromatic carbocycles. The van der Waals surface area contributed by atoms with Crippen molar-refractivity contribution in [1.82, 2.24) is 24.7 Å². The fourth-order valence-electron chi connectivity index (χ4n) is 2.48. The van der Waals surface area contributed by atoms with Gasteiger partial charge in [-0.25, -0.2) is 0 Å². The zero-order valence-corrected chi connectivity index (χ0v) is 13.4. The van der Waals surface area contributed by atoms with E-state index in [-0.39, 0.29) is 12.3 Å². The Morgan fingerprint density at radius 3 is 2.80 bits per heavy atom. The Kier molecular flexibility index (Phi) is 3.70. The lowest BCUT2D eigenvalue weighted by molar-refractivity contribution is -0.115. The smallest absolute Gasteiger partial charge is 0.258 e. The lowest BCUT2D eigenvalue weighted by atomic mass is 10.2. The van der Waals surface area contributed by atoms with Gasteiger partial charge in [0.15, 0.2) is 11.5 Å². The van der Waals surface area contributed by atoms with Crippen molar-refractivity contribution in [2.24, 2.45) is 0 Å². The SMILES string of the molecule is Cc1noc(-c2ccn3c(CC(=O)Nc4ccccc4)nnc3c2)n1. The number of benzene rings is 1. The Hall–Kier alpha value is -3.55. The highest BCUT2D eigenvalue weighted by Gasteiger charge is 2.13. The highest BCUT2D eigenvalue weighted by Crippen LogP contribution is 2.19. The van der Waals surface area contributed by atoms with Crippen LogP contribution in [0.3, 0.4) is 0 Å². The summed E-state index contributed by atoms with van der Waals surface area (Å²) < 4.78 is 6.92. The van der Waals surface area contributed by atoms with Crippen molar-refractivity contribution in [1.29, 1.82) is 0 Å². The average molecular weight is 334 g/mol. The highest BCUT2D eigenvalue weighted by atomic mass is 16.5. The molecule has 0 saturated carbocycles. The van der Waals surface area contributed by atoms with E-state index in [4.69, 9.17) is 4.52 Å². The number of nitrogens with zero attached hydrogens (tertiary/aromatic N) is 5. The van der Waals surface area contributed by atoms with E-state index < -0.39 is 0 Å². The molecule has 0 aliphatic rings. The number of aryl methyl sites for hydroxylation is 1. The van der Waals surface area contributed by atoms with E-state index in [9.17, 15) is 4.79 Å². The number of aromatic nitrogens is 5. The van der Waals surface area contributed by atoms with Crippen molar-refractivity contribution in [2.75, 3.05) is 5.32 Å². The number of carbonyl (C=O) groups is 1. The van der Waals surface area contributed by atoms with Gasteiger partial charge < -0.3 is 9.84 Å². The van der Waals surface area contributed by atoms with Gasteiger partial charge in [-0.3, -0.25) is 9.20 Å². The number of rotatable bonds is 4. The van der Waals surface area contributed by atoms with Crippen LogP contribution in [0.2, 0.25) is 0 Å². The van der Waals surface area contributed by atoms with Crippen molar-refractivity contribution in [3.05, 3.63) is 60.3 Å². The fourth-order valence-corrected chi connectivity index (χ4v) is 2.48. The first-order valence-electron chi connectivity index (χ1n) is 7.68. The minimum Gasteiger partial charge on any atom is -0.334 e. The van der Waals surface area contributed by atoms with Crippen LogP contribution in [0.15, 0.2) is 53.2 Å². The number of fused-ring (bicyclic) bond motifs is 1. The quantitative estimate of drug-likeness (QED) is 0.615. The van der Waals surface area contributed by atoms with Gasteiger partial charge in [0.2, 0.25) is 5.91 Å². The molecule has 0 fully saturated rings. The molecule has 4 rings (SSSR count). The second kappa shape index (κ2) is 6.16. The number of hydrogen-bond acceptors (Lipinski definition) is 6. The number of hydrogen-bond donors (Lipinski definition) is 1. The minimum absolute atomic E-state index is 0.120. The van der Waals surface area contributed by atoms with E-state index in [1.807, 2.05) is 36.4 Å². The first kappa shape index (κ1) is 15.0. The largest absolute Gasteiger partial charge is 0.334 e. The molecule has 1 N–H and O–H groups in total. The van der Waals surface area contributed by atoms with E-state index in [0.717, 1.165) is 11.3 Å². The van der Waals surface area contributed by atoms with Crippen LogP contribution in [0.1, 0.15) is 11.6 Å². The van der Waals surface area contributed by atoms with Crippen molar-refractivity contribution in [2.45, 2.75) is 13.3 Å². The van der Waals surface area contributed by atoms with Crippen LogP contribution < -0.4 is 5.32 Å². The van der Waals surface area contributed by atoms with E-state index in [1.165, 1.54) is 0 Å². The highest BCUT2D eigenvalue weighted by molar-refractivity contribution is 5.91. The summed E-state index contributed by atoms with van der Waals surface area (Å²) in [6, 6.07) is 12.9. The Morgan fingerprint density at radius 1 is 1.20 bits per heavy atom. The molecule has 0 aliphatic carbocycles. The summed E-state index contributed by atoms with van der Waals surface area (Å²) in [5.41, 5.74) is 2.10. The Balaban J connectivity index is 1.56. The lowest BCUT2D eigenvalue weighted by Crippen LogP contribution is -2.16. The maximum Gasteiger partial charge on any atom is 0.258 e. The molecule has 3 heterocycles. The third-order valence-corrected chi connectivity index (χ3v) is 3.63. The maximum absolute atomic E-state index is 12.2. The van der Waals surface area contributed by atoms with E-state index >= 15 is 0 Å². The molecule has 0 bridgehead atoms. The number of amides is 1. The molecule has 124 valence electrons. The van der Waals surface area contributed by atoms with Gasteiger partial charge in [-0.2, -0.15) is 4.98 Å². The summed E-state index contributed by atoms with van der Waals surface area (Å²) in [5.74, 6) is 1.38. The van der Waals surface area contributed by atoms with Crippen molar-refractivity contribution < 1.29 is 9.32 Å². The third kappa shape index (κ3) is 3.09. The summed E-state index contributed by atoms with van der Waals surface area (Å²) >= 11 is 0. The molecule has 4 aromatic rings. The van der Waals surface area contributed by atoms with Gasteiger partial charge in [-0.05, 0) is 31.2 Å². The zero-order valence-electron chi connectivity index (χ0n) is 13.4. The number of para-hydroxylation sites is 1. The Bertz CT molecular complexity index is 1040. The van der Waals surface area contributed by atoms with Gasteiger partial charge in [0, 0.05) is 17.4 Å². The van der Waals surface area contributed by atoms with Gasteiger partial charge in [0.1, 0.15) is 5.82 Å². The van der Waals surface area contributed by atoms with Crippen molar-refractivity contribution in [3.8, 4) is 11.5 Å². The van der Waals surface area contributed by atoms with Gasteiger partial charge in [0.05, 0.1) is 6.42 Å². The van der Waals surface area contributed by atoms with Gasteiger partial charge in [-0.15, -0.1) is 10.2 Å². The molecule has 0 atom stereocenters. The van der Waals surface area contributed by atoms with E-state index in [1.54, 1.807) is 23.6 Å². The predicted octanol–water partition coefficient (Wildman–Crippen LogP) is 2.27. The number of carbonyl (C=O) groups excluding carboxylic acids is 1. The summed E-state index contributed by atoms with van der Waals surface area (Å²) in [6.45, 7) is 1.76. The van der Waals surface area contributed by atoms with Crippen LogP contribution in [-0.4, -0.2) is 30.6 Å². The number of anilines is 1. The molecule has 0 radical (unpaired) electrons. The fraction of sp³-hybridized carbons (Fsp3) is 0.118. The summed E-state index contributed by atoms with van der Waals surface area (Å²) in [4.78, 5) is 16.4. The number of nitrogens with one attached hydrogen (secondary N) is 1. The minimum atomic E-state index is -0.155. The number of pyridine rings is 1. The van der Waals surface area contributed by atoms with E-state index in [2.05, 4.69) is 25.7 Å². The predicted molar refractivity (Wildman–Crippen MR) is 89.8 cm³/mol. The maximum atomic E-state index is 12.2. The summed E-state index contributed by atoms with van der Waals surface area (Å²) in [7, 11) is 0. The van der Waals surface area contributed by atoms with Gasteiger partial charge in [-0.1, -0.05) is 23.4 Å². The van der Waals surface area contributed by atoms with Crippen molar-refractivity contribution >= 4 is 17.2 Å². The molecule has 0 unspecified atom stereocenters. The molecular weight excluding hydrogens is 320 g/mol. The van der Waals surface area contributed by atoms with Crippen LogP contribution in [0.5, 0.6) is 0 Å². The lowest BCUT2D eigenvalue weighted by Gasteiger charge is -2.04. The molecular formula is C17H14N6O2. The molecule has 0 saturated heterocycles. The molecule has 1 amide bonds. The second-order valence-corrected chi connectivity index (χ2v) is 5.50. The third-order valence-electron chi connectivity index (χ3n) is 3.63. The van der Waals surface area contributed by atoms with Crippen LogP contribution in [0.25, 0.3) is 17.1 Å². The topological polar surface area (TPSA) is 98.2 Å². The molecule has 8 heteroatoms. The normalized spacial score (nSPS) is 10.9. The summed E-state index contributed by atoms with van der Waals surface area (Å²) in [6.07, 6.45) is 1.91. The average Bonchev–Trinajstić information content (AvgIpc) is 3.22.